The van der Waals surface area contributed by atoms with Gasteiger partial charge in [-0.3, -0.25) is 0 Å². The quantitative estimate of drug-likeness (QED) is 0.820. The minimum Gasteiger partial charge on any atom is -0.399 e. The first kappa shape index (κ1) is 12.7. The summed E-state index contributed by atoms with van der Waals surface area (Å²) in [5.41, 5.74) is 15.7. The Morgan fingerprint density at radius 2 is 1.40 bits per heavy atom. The van der Waals surface area contributed by atoms with Crippen LogP contribution in [-0.2, 0) is 0 Å². The lowest BCUT2D eigenvalue weighted by atomic mass is 10.2. The molecule has 0 saturated carbocycles. The van der Waals surface area contributed by atoms with Gasteiger partial charge >= 0.3 is 0 Å². The molecule has 0 aliphatic carbocycles. The Morgan fingerprint density at radius 1 is 0.750 bits per heavy atom. The number of piperazine rings is 1. The van der Waals surface area contributed by atoms with E-state index in [1.165, 1.54) is 5.69 Å². The van der Waals surface area contributed by atoms with E-state index >= 15 is 0 Å². The lowest BCUT2D eigenvalue weighted by Gasteiger charge is -2.37. The molecule has 4 heteroatoms. The van der Waals surface area contributed by atoms with Crippen LogP contribution in [0.1, 0.15) is 0 Å². The Balaban J connectivity index is 1.69. The molecule has 1 heterocycles. The highest BCUT2D eigenvalue weighted by atomic mass is 15.3. The van der Waals surface area contributed by atoms with Gasteiger partial charge in [0.2, 0.25) is 0 Å². The van der Waals surface area contributed by atoms with Gasteiger partial charge in [-0.1, -0.05) is 18.2 Å². The normalized spacial score (nSPS) is 15.4. The first-order valence-corrected chi connectivity index (χ1v) is 6.94. The second-order valence-electron chi connectivity index (χ2n) is 5.13. The third kappa shape index (κ3) is 2.50. The van der Waals surface area contributed by atoms with Gasteiger partial charge in [-0.15, -0.1) is 0 Å². The molecule has 0 radical (unpaired) electrons. The summed E-state index contributed by atoms with van der Waals surface area (Å²) in [6.45, 7) is 3.97. The molecule has 2 aromatic rings. The zero-order chi connectivity index (χ0) is 13.9. The molecule has 0 atom stereocenters. The molecule has 0 amide bonds. The number of hydrogen-bond acceptors (Lipinski definition) is 4. The number of rotatable bonds is 2. The Hall–Kier alpha value is -2.36. The molecular weight excluding hydrogens is 248 g/mol. The predicted octanol–water partition coefficient (Wildman–Crippen LogP) is 2.18. The Kier molecular flexibility index (Phi) is 3.37. The van der Waals surface area contributed by atoms with Gasteiger partial charge in [-0.2, -0.15) is 0 Å². The third-order valence-corrected chi connectivity index (χ3v) is 3.79. The van der Waals surface area contributed by atoms with Gasteiger partial charge in [0.1, 0.15) is 0 Å². The average molecular weight is 268 g/mol. The van der Waals surface area contributed by atoms with Gasteiger partial charge in [0.05, 0.1) is 11.4 Å². The fourth-order valence-electron chi connectivity index (χ4n) is 2.71. The standard InChI is InChI=1S/C16H20N4/c17-13-6-7-16(15(18)12-13)20-10-8-19(9-11-20)14-4-2-1-3-5-14/h1-7,12H,8-11,17-18H2. The summed E-state index contributed by atoms with van der Waals surface area (Å²) in [6.07, 6.45) is 0. The lowest BCUT2D eigenvalue weighted by Crippen LogP contribution is -2.46. The van der Waals surface area contributed by atoms with Crippen molar-refractivity contribution in [2.24, 2.45) is 0 Å². The molecular formula is C16H20N4. The van der Waals surface area contributed by atoms with E-state index in [0.29, 0.717) is 5.69 Å². The Labute approximate surface area is 119 Å². The Bertz CT molecular complexity index is 574. The summed E-state index contributed by atoms with van der Waals surface area (Å²) < 4.78 is 0. The van der Waals surface area contributed by atoms with Gasteiger partial charge < -0.3 is 21.3 Å². The van der Waals surface area contributed by atoms with Gasteiger partial charge in [-0.25, -0.2) is 0 Å². The van der Waals surface area contributed by atoms with Crippen molar-refractivity contribution in [1.82, 2.24) is 0 Å². The molecule has 1 aliphatic rings. The number of benzene rings is 2. The molecule has 1 saturated heterocycles. The highest BCUT2D eigenvalue weighted by Crippen LogP contribution is 2.27. The van der Waals surface area contributed by atoms with Crippen molar-refractivity contribution in [3.8, 4) is 0 Å². The van der Waals surface area contributed by atoms with E-state index in [4.69, 9.17) is 11.5 Å². The van der Waals surface area contributed by atoms with Gasteiger partial charge in [-0.05, 0) is 30.3 Å². The fourth-order valence-corrected chi connectivity index (χ4v) is 2.71. The monoisotopic (exact) mass is 268 g/mol. The van der Waals surface area contributed by atoms with Crippen LogP contribution in [0.15, 0.2) is 48.5 Å². The van der Waals surface area contributed by atoms with Crippen LogP contribution in [-0.4, -0.2) is 26.2 Å². The molecule has 1 aliphatic heterocycles. The van der Waals surface area contributed by atoms with Crippen LogP contribution in [0.3, 0.4) is 0 Å². The minimum atomic E-state index is 0.717. The number of nitrogens with zero attached hydrogens (tertiary/aromatic N) is 2. The van der Waals surface area contributed by atoms with Crippen molar-refractivity contribution in [2.75, 3.05) is 47.4 Å². The highest BCUT2D eigenvalue weighted by molar-refractivity contribution is 5.72. The van der Waals surface area contributed by atoms with E-state index in [9.17, 15) is 0 Å². The molecule has 4 N–H and O–H groups in total. The molecule has 4 nitrogen and oxygen atoms in total. The Morgan fingerprint density at radius 3 is 2.05 bits per heavy atom. The molecule has 0 aromatic heterocycles. The summed E-state index contributed by atoms with van der Waals surface area (Å²) in [6, 6.07) is 16.3. The summed E-state index contributed by atoms with van der Waals surface area (Å²) in [5, 5.41) is 0. The fraction of sp³-hybridized carbons (Fsp3) is 0.250. The van der Waals surface area contributed by atoms with Crippen LogP contribution < -0.4 is 21.3 Å². The number of para-hydroxylation sites is 1. The first-order valence-electron chi connectivity index (χ1n) is 6.94. The molecule has 1 fully saturated rings. The van der Waals surface area contributed by atoms with E-state index in [1.807, 2.05) is 18.2 Å². The van der Waals surface area contributed by atoms with Gasteiger partial charge in [0, 0.05) is 37.6 Å². The summed E-state index contributed by atoms with van der Waals surface area (Å²) in [4.78, 5) is 4.73. The maximum absolute atomic E-state index is 6.06. The van der Waals surface area contributed by atoms with E-state index in [1.54, 1.807) is 0 Å². The maximum atomic E-state index is 6.06. The largest absolute Gasteiger partial charge is 0.399 e. The van der Waals surface area contributed by atoms with Gasteiger partial charge in [0.15, 0.2) is 0 Å². The van der Waals surface area contributed by atoms with E-state index < -0.39 is 0 Å². The second-order valence-corrected chi connectivity index (χ2v) is 5.13. The van der Waals surface area contributed by atoms with E-state index in [-0.39, 0.29) is 0 Å². The van der Waals surface area contributed by atoms with Crippen molar-refractivity contribution in [2.45, 2.75) is 0 Å². The molecule has 0 spiro atoms. The number of anilines is 4. The highest BCUT2D eigenvalue weighted by Gasteiger charge is 2.18. The van der Waals surface area contributed by atoms with Crippen molar-refractivity contribution in [3.63, 3.8) is 0 Å². The third-order valence-electron chi connectivity index (χ3n) is 3.79. The number of nitrogen functional groups attached to an aromatic ring is 2. The number of nitrogens with two attached hydrogens (primary N) is 2. The molecule has 104 valence electrons. The summed E-state index contributed by atoms with van der Waals surface area (Å²) >= 11 is 0. The van der Waals surface area contributed by atoms with Crippen molar-refractivity contribution in [1.29, 1.82) is 0 Å². The zero-order valence-corrected chi connectivity index (χ0v) is 11.5. The maximum Gasteiger partial charge on any atom is 0.0602 e. The lowest BCUT2D eigenvalue weighted by molar-refractivity contribution is 0.654. The van der Waals surface area contributed by atoms with Crippen LogP contribution in [0.4, 0.5) is 22.7 Å². The van der Waals surface area contributed by atoms with Crippen LogP contribution in [0.25, 0.3) is 0 Å². The predicted molar refractivity (Wildman–Crippen MR) is 86.1 cm³/mol. The molecule has 0 bridgehead atoms. The topological polar surface area (TPSA) is 58.5 Å². The van der Waals surface area contributed by atoms with Crippen molar-refractivity contribution >= 4 is 22.7 Å². The molecule has 20 heavy (non-hydrogen) atoms. The number of hydrogen-bond donors (Lipinski definition) is 2. The van der Waals surface area contributed by atoms with Crippen LogP contribution in [0.2, 0.25) is 0 Å². The van der Waals surface area contributed by atoms with E-state index in [2.05, 4.69) is 40.1 Å². The van der Waals surface area contributed by atoms with Crippen molar-refractivity contribution < 1.29 is 0 Å². The SMILES string of the molecule is Nc1ccc(N2CCN(c3ccccc3)CC2)c(N)c1. The molecule has 3 rings (SSSR count). The smallest absolute Gasteiger partial charge is 0.0602 e. The van der Waals surface area contributed by atoms with Crippen LogP contribution in [0.5, 0.6) is 0 Å². The van der Waals surface area contributed by atoms with E-state index in [0.717, 1.165) is 37.6 Å². The average Bonchev–Trinajstić information content (AvgIpc) is 2.48. The van der Waals surface area contributed by atoms with Crippen molar-refractivity contribution in [3.05, 3.63) is 48.5 Å². The summed E-state index contributed by atoms with van der Waals surface area (Å²) in [5.74, 6) is 0. The second kappa shape index (κ2) is 5.33. The molecule has 2 aromatic carbocycles. The zero-order valence-electron chi connectivity index (χ0n) is 11.5. The summed E-state index contributed by atoms with van der Waals surface area (Å²) in [7, 11) is 0. The van der Waals surface area contributed by atoms with Crippen LogP contribution >= 0.6 is 0 Å². The molecule has 0 unspecified atom stereocenters. The minimum absolute atomic E-state index is 0.717. The van der Waals surface area contributed by atoms with Gasteiger partial charge in [0.25, 0.3) is 0 Å². The van der Waals surface area contributed by atoms with Crippen LogP contribution in [0, 0.1) is 0 Å². The first-order chi connectivity index (χ1) is 9.74.